The Hall–Kier alpha value is -0.340. The molecule has 0 aromatic rings. The van der Waals surface area contributed by atoms with E-state index in [0.29, 0.717) is 0 Å². The fraction of sp³-hybridized carbons (Fsp3) is 0.778. The Labute approximate surface area is 68.9 Å². The average molecular weight is 158 g/mol. The first kappa shape index (κ1) is 10.7. The van der Waals surface area contributed by atoms with Crippen LogP contribution in [0.4, 0.5) is 0 Å². The Morgan fingerprint density at radius 2 is 2.00 bits per heavy atom. The van der Waals surface area contributed by atoms with Gasteiger partial charge in [-0.15, -0.1) is 0 Å². The summed E-state index contributed by atoms with van der Waals surface area (Å²) >= 11 is 0. The molecule has 1 unspecified atom stereocenters. The lowest BCUT2D eigenvalue weighted by Gasteiger charge is -2.20. The van der Waals surface area contributed by atoms with E-state index in [4.69, 9.17) is 9.84 Å². The first-order valence-corrected chi connectivity index (χ1v) is 3.81. The molecule has 0 heterocycles. The number of aliphatic hydroxyl groups is 1. The Morgan fingerprint density at radius 3 is 2.27 bits per heavy atom. The summed E-state index contributed by atoms with van der Waals surface area (Å²) in [5.74, 6) is 0. The molecule has 11 heavy (non-hydrogen) atoms. The zero-order valence-corrected chi connectivity index (χ0v) is 8.01. The van der Waals surface area contributed by atoms with Crippen molar-refractivity contribution in [2.45, 2.75) is 39.4 Å². The highest BCUT2D eigenvalue weighted by molar-refractivity contribution is 5.09. The topological polar surface area (TPSA) is 29.5 Å². The van der Waals surface area contributed by atoms with Gasteiger partial charge < -0.3 is 9.84 Å². The highest BCUT2D eigenvalue weighted by Gasteiger charge is 2.13. The van der Waals surface area contributed by atoms with Crippen molar-refractivity contribution in [1.82, 2.24) is 0 Å². The average Bonchev–Trinajstić information content (AvgIpc) is 1.87. The van der Waals surface area contributed by atoms with Crippen LogP contribution in [0, 0.1) is 0 Å². The first-order valence-electron chi connectivity index (χ1n) is 3.81. The maximum absolute atomic E-state index is 9.16. The third-order valence-electron chi connectivity index (χ3n) is 1.76. The quantitative estimate of drug-likeness (QED) is 0.634. The number of aliphatic hydroxyl groups excluding tert-OH is 1. The molecule has 0 aliphatic carbocycles. The van der Waals surface area contributed by atoms with Gasteiger partial charge in [-0.1, -0.05) is 6.08 Å². The molecular formula is C9H18O2. The Kier molecular flexibility index (Phi) is 3.76. The van der Waals surface area contributed by atoms with Crippen molar-refractivity contribution in [2.75, 3.05) is 7.11 Å². The molecular weight excluding hydrogens is 140 g/mol. The van der Waals surface area contributed by atoms with Crippen LogP contribution in [0.15, 0.2) is 11.6 Å². The van der Waals surface area contributed by atoms with Gasteiger partial charge in [0, 0.05) is 7.11 Å². The Bertz CT molecular complexity index is 146. The largest absolute Gasteiger partial charge is 0.389 e. The maximum atomic E-state index is 9.16. The molecule has 1 atom stereocenters. The van der Waals surface area contributed by atoms with Gasteiger partial charge in [-0.05, 0) is 33.3 Å². The van der Waals surface area contributed by atoms with Crippen molar-refractivity contribution >= 4 is 0 Å². The van der Waals surface area contributed by atoms with Crippen molar-refractivity contribution in [3.8, 4) is 0 Å². The Balaban J connectivity index is 4.29. The van der Waals surface area contributed by atoms with Crippen LogP contribution in [0.1, 0.15) is 27.7 Å². The molecule has 2 heteroatoms. The minimum Gasteiger partial charge on any atom is -0.389 e. The van der Waals surface area contributed by atoms with E-state index in [0.717, 1.165) is 5.57 Å². The molecule has 0 aromatic heterocycles. The van der Waals surface area contributed by atoms with E-state index in [9.17, 15) is 0 Å². The zero-order valence-electron chi connectivity index (χ0n) is 8.01. The van der Waals surface area contributed by atoms with Gasteiger partial charge >= 0.3 is 0 Å². The number of hydrogen-bond donors (Lipinski definition) is 1. The highest BCUT2D eigenvalue weighted by Crippen LogP contribution is 2.13. The Morgan fingerprint density at radius 1 is 1.55 bits per heavy atom. The normalized spacial score (nSPS) is 16.7. The van der Waals surface area contributed by atoms with E-state index in [-0.39, 0.29) is 11.7 Å². The molecule has 2 nitrogen and oxygen atoms in total. The van der Waals surface area contributed by atoms with Gasteiger partial charge in [0.1, 0.15) is 0 Å². The summed E-state index contributed by atoms with van der Waals surface area (Å²) in [4.78, 5) is 0. The van der Waals surface area contributed by atoms with Gasteiger partial charge in [0.25, 0.3) is 0 Å². The van der Waals surface area contributed by atoms with Crippen molar-refractivity contribution < 1.29 is 9.84 Å². The van der Waals surface area contributed by atoms with Crippen molar-refractivity contribution in [1.29, 1.82) is 0 Å². The summed E-state index contributed by atoms with van der Waals surface area (Å²) in [6, 6.07) is 0. The van der Waals surface area contributed by atoms with E-state index in [1.807, 2.05) is 26.8 Å². The van der Waals surface area contributed by atoms with E-state index < -0.39 is 0 Å². The van der Waals surface area contributed by atoms with E-state index in [1.165, 1.54) is 0 Å². The smallest absolute Gasteiger partial charge is 0.0806 e. The van der Waals surface area contributed by atoms with Crippen LogP contribution in [0.3, 0.4) is 0 Å². The summed E-state index contributed by atoms with van der Waals surface area (Å²) in [7, 11) is 1.66. The summed E-state index contributed by atoms with van der Waals surface area (Å²) in [5.41, 5.74) is 0.665. The van der Waals surface area contributed by atoms with Gasteiger partial charge in [-0.2, -0.15) is 0 Å². The van der Waals surface area contributed by atoms with Crippen LogP contribution in [0.5, 0.6) is 0 Å². The molecule has 1 N–H and O–H groups in total. The predicted octanol–water partition coefficient (Wildman–Crippen LogP) is 1.74. The molecule has 0 aromatic carbocycles. The van der Waals surface area contributed by atoms with Crippen LogP contribution >= 0.6 is 0 Å². The molecule has 0 bridgehead atoms. The summed E-state index contributed by atoms with van der Waals surface area (Å²) < 4.78 is 5.17. The number of hydrogen-bond acceptors (Lipinski definition) is 2. The molecule has 0 saturated heterocycles. The van der Waals surface area contributed by atoms with Crippen LogP contribution in [-0.2, 0) is 4.74 Å². The second-order valence-electron chi connectivity index (χ2n) is 3.37. The molecule has 66 valence electrons. The monoisotopic (exact) mass is 158 g/mol. The van der Waals surface area contributed by atoms with Crippen molar-refractivity contribution in [3.63, 3.8) is 0 Å². The van der Waals surface area contributed by atoms with Crippen molar-refractivity contribution in [2.24, 2.45) is 0 Å². The molecule has 0 spiro atoms. The number of ether oxygens (including phenoxy) is 1. The lowest BCUT2D eigenvalue weighted by Crippen LogP contribution is -2.20. The molecule has 0 rings (SSSR count). The van der Waals surface area contributed by atoms with Gasteiger partial charge in [-0.25, -0.2) is 0 Å². The van der Waals surface area contributed by atoms with Gasteiger partial charge in [0.2, 0.25) is 0 Å². The maximum Gasteiger partial charge on any atom is 0.0806 e. The lowest BCUT2D eigenvalue weighted by molar-refractivity contribution is 0.0634. The lowest BCUT2D eigenvalue weighted by atomic mass is 10.0. The van der Waals surface area contributed by atoms with E-state index in [2.05, 4.69) is 0 Å². The fourth-order valence-corrected chi connectivity index (χ4v) is 0.728. The second-order valence-corrected chi connectivity index (χ2v) is 3.37. The summed E-state index contributed by atoms with van der Waals surface area (Å²) in [6.45, 7) is 7.56. The van der Waals surface area contributed by atoms with Gasteiger partial charge in [0.05, 0.1) is 11.7 Å². The minimum atomic E-state index is -0.385. The minimum absolute atomic E-state index is 0.277. The number of rotatable bonds is 3. The van der Waals surface area contributed by atoms with Crippen LogP contribution in [0.2, 0.25) is 0 Å². The van der Waals surface area contributed by atoms with Crippen LogP contribution < -0.4 is 0 Å². The van der Waals surface area contributed by atoms with Gasteiger partial charge in [0.15, 0.2) is 0 Å². The summed E-state index contributed by atoms with van der Waals surface area (Å²) in [5, 5.41) is 9.16. The standard InChI is InChI=1S/C9H18O2/c1-7(8(2)10)6-9(3,4)11-5/h6,8,10H,1-5H3/b7-6-. The predicted molar refractivity (Wildman–Crippen MR) is 46.5 cm³/mol. The molecule has 0 saturated carbocycles. The third-order valence-corrected chi connectivity index (χ3v) is 1.76. The zero-order chi connectivity index (χ0) is 9.07. The molecule has 0 aliphatic rings. The molecule has 0 fully saturated rings. The van der Waals surface area contributed by atoms with Crippen LogP contribution in [-0.4, -0.2) is 23.9 Å². The highest BCUT2D eigenvalue weighted by atomic mass is 16.5. The first-order chi connectivity index (χ1) is 4.89. The van der Waals surface area contributed by atoms with E-state index in [1.54, 1.807) is 14.0 Å². The summed E-state index contributed by atoms with van der Waals surface area (Å²) in [6.07, 6.45) is 1.54. The molecule has 0 radical (unpaired) electrons. The van der Waals surface area contributed by atoms with Crippen molar-refractivity contribution in [3.05, 3.63) is 11.6 Å². The number of methoxy groups -OCH3 is 1. The molecule has 0 amide bonds. The SMILES string of the molecule is COC(C)(C)/C=C(/C)C(C)O. The van der Waals surface area contributed by atoms with Crippen LogP contribution in [0.25, 0.3) is 0 Å². The van der Waals surface area contributed by atoms with E-state index >= 15 is 0 Å². The fourth-order valence-electron chi connectivity index (χ4n) is 0.728. The second kappa shape index (κ2) is 3.88. The third kappa shape index (κ3) is 4.17. The van der Waals surface area contributed by atoms with Gasteiger partial charge in [-0.3, -0.25) is 0 Å². The molecule has 0 aliphatic heterocycles.